The number of hydrogen-bond acceptors (Lipinski definition) is 3. The highest BCUT2D eigenvalue weighted by Crippen LogP contribution is 2.21. The molecule has 0 aliphatic heterocycles. The maximum Gasteiger partial charge on any atom is 0.325 e. The summed E-state index contributed by atoms with van der Waals surface area (Å²) in [5.41, 5.74) is -0.664. The molecule has 0 heterocycles. The summed E-state index contributed by atoms with van der Waals surface area (Å²) >= 11 is 5.80. The van der Waals surface area contributed by atoms with E-state index in [0.29, 0.717) is 13.2 Å². The number of carbonyl (C=O) groups excluding carboxylic acids is 2. The Hall–Kier alpha value is -0.770. The average molecular weight is 278 g/mol. The number of alkyl halides is 1. The zero-order valence-corrected chi connectivity index (χ0v) is 12.7. The molecule has 0 saturated carbocycles. The number of rotatable bonds is 7. The summed E-state index contributed by atoms with van der Waals surface area (Å²) in [4.78, 5) is 25.3. The van der Waals surface area contributed by atoms with Gasteiger partial charge in [0.1, 0.15) is 6.54 Å². The lowest BCUT2D eigenvalue weighted by molar-refractivity contribution is -0.152. The fourth-order valence-electron chi connectivity index (χ4n) is 1.51. The van der Waals surface area contributed by atoms with E-state index >= 15 is 0 Å². The van der Waals surface area contributed by atoms with Gasteiger partial charge in [-0.2, -0.15) is 0 Å². The Balaban J connectivity index is 4.77. The number of amides is 1. The van der Waals surface area contributed by atoms with Gasteiger partial charge in [-0.3, -0.25) is 9.59 Å². The van der Waals surface area contributed by atoms with Crippen LogP contribution in [-0.4, -0.2) is 42.4 Å². The average Bonchev–Trinajstić information content (AvgIpc) is 2.26. The molecule has 0 radical (unpaired) electrons. The molecular formula is C13H24ClNO3. The van der Waals surface area contributed by atoms with Gasteiger partial charge in [0.05, 0.1) is 12.0 Å². The van der Waals surface area contributed by atoms with Crippen molar-refractivity contribution in [3.8, 4) is 0 Å². The van der Waals surface area contributed by atoms with E-state index < -0.39 is 5.41 Å². The van der Waals surface area contributed by atoms with E-state index in [1.54, 1.807) is 20.8 Å². The van der Waals surface area contributed by atoms with Crippen molar-refractivity contribution >= 4 is 23.5 Å². The zero-order valence-electron chi connectivity index (χ0n) is 12.0. The van der Waals surface area contributed by atoms with Gasteiger partial charge in [0.2, 0.25) is 5.91 Å². The molecule has 0 rings (SSSR count). The number of halogens is 1. The van der Waals surface area contributed by atoms with Crippen LogP contribution in [0.15, 0.2) is 0 Å². The minimum absolute atomic E-state index is 0.00876. The minimum Gasteiger partial charge on any atom is -0.465 e. The molecule has 0 aromatic heterocycles. The lowest BCUT2D eigenvalue weighted by Gasteiger charge is -2.31. The molecule has 0 aliphatic carbocycles. The SMILES string of the molecule is CCOC(=O)CN(CC(C)C)C(=O)C(C)(C)CCl. The molecular weight excluding hydrogens is 254 g/mol. The quantitative estimate of drug-likeness (QED) is 0.530. The molecule has 106 valence electrons. The Morgan fingerprint density at radius 3 is 2.28 bits per heavy atom. The van der Waals surface area contributed by atoms with Crippen LogP contribution in [0.2, 0.25) is 0 Å². The third-order valence-electron chi connectivity index (χ3n) is 2.41. The maximum absolute atomic E-state index is 12.3. The van der Waals surface area contributed by atoms with Crippen molar-refractivity contribution < 1.29 is 14.3 Å². The summed E-state index contributed by atoms with van der Waals surface area (Å²) in [6.07, 6.45) is 0. The molecule has 1 amide bonds. The molecule has 0 spiro atoms. The first-order valence-corrected chi connectivity index (χ1v) is 6.79. The summed E-state index contributed by atoms with van der Waals surface area (Å²) < 4.78 is 4.88. The van der Waals surface area contributed by atoms with Crippen LogP contribution in [-0.2, 0) is 14.3 Å². The highest BCUT2D eigenvalue weighted by Gasteiger charge is 2.32. The smallest absolute Gasteiger partial charge is 0.325 e. The van der Waals surface area contributed by atoms with Crippen molar-refractivity contribution in [2.45, 2.75) is 34.6 Å². The fourth-order valence-corrected chi connectivity index (χ4v) is 1.62. The van der Waals surface area contributed by atoms with E-state index in [-0.39, 0.29) is 30.2 Å². The van der Waals surface area contributed by atoms with E-state index in [1.165, 1.54) is 4.90 Å². The van der Waals surface area contributed by atoms with E-state index in [0.717, 1.165) is 0 Å². The highest BCUT2D eigenvalue weighted by molar-refractivity contribution is 6.19. The van der Waals surface area contributed by atoms with Gasteiger partial charge in [0, 0.05) is 12.4 Å². The van der Waals surface area contributed by atoms with Gasteiger partial charge < -0.3 is 9.64 Å². The Kier molecular flexibility index (Phi) is 7.29. The summed E-state index contributed by atoms with van der Waals surface area (Å²) in [6, 6.07) is 0. The molecule has 0 bridgehead atoms. The Labute approximate surface area is 115 Å². The van der Waals surface area contributed by atoms with E-state index in [1.807, 2.05) is 13.8 Å². The molecule has 0 saturated heterocycles. The predicted octanol–water partition coefficient (Wildman–Crippen LogP) is 2.30. The van der Waals surface area contributed by atoms with Gasteiger partial charge in [0.25, 0.3) is 0 Å². The van der Waals surface area contributed by atoms with Crippen molar-refractivity contribution in [2.75, 3.05) is 25.6 Å². The topological polar surface area (TPSA) is 46.6 Å². The van der Waals surface area contributed by atoms with Crippen LogP contribution in [0.1, 0.15) is 34.6 Å². The van der Waals surface area contributed by atoms with Crippen LogP contribution < -0.4 is 0 Å². The zero-order chi connectivity index (χ0) is 14.3. The van der Waals surface area contributed by atoms with Crippen molar-refractivity contribution in [3.05, 3.63) is 0 Å². The van der Waals surface area contributed by atoms with Crippen molar-refractivity contribution in [1.29, 1.82) is 0 Å². The lowest BCUT2D eigenvalue weighted by Crippen LogP contribution is -2.46. The van der Waals surface area contributed by atoms with Crippen LogP contribution in [0.5, 0.6) is 0 Å². The maximum atomic E-state index is 12.3. The number of hydrogen-bond donors (Lipinski definition) is 0. The summed E-state index contributed by atoms with van der Waals surface area (Å²) in [6.45, 7) is 10.1. The van der Waals surface area contributed by atoms with E-state index in [2.05, 4.69) is 0 Å². The van der Waals surface area contributed by atoms with Crippen molar-refractivity contribution in [2.24, 2.45) is 11.3 Å². The molecule has 0 atom stereocenters. The van der Waals surface area contributed by atoms with E-state index in [9.17, 15) is 9.59 Å². The van der Waals surface area contributed by atoms with Gasteiger partial charge in [-0.05, 0) is 26.7 Å². The van der Waals surface area contributed by atoms with Crippen LogP contribution in [0.3, 0.4) is 0 Å². The molecule has 0 aromatic carbocycles. The molecule has 0 unspecified atom stereocenters. The largest absolute Gasteiger partial charge is 0.465 e. The molecule has 0 N–H and O–H groups in total. The minimum atomic E-state index is -0.664. The Morgan fingerprint density at radius 1 is 1.33 bits per heavy atom. The first kappa shape index (κ1) is 17.2. The molecule has 0 fully saturated rings. The first-order chi connectivity index (χ1) is 8.24. The standard InChI is InChI=1S/C13H24ClNO3/c1-6-18-11(16)8-15(7-10(2)3)12(17)13(4,5)9-14/h10H,6-9H2,1-5H3. The van der Waals surface area contributed by atoms with Gasteiger partial charge in [-0.1, -0.05) is 13.8 Å². The van der Waals surface area contributed by atoms with Crippen molar-refractivity contribution in [3.63, 3.8) is 0 Å². The third-order valence-corrected chi connectivity index (χ3v) is 3.08. The molecule has 4 nitrogen and oxygen atoms in total. The van der Waals surface area contributed by atoms with Gasteiger partial charge in [-0.15, -0.1) is 11.6 Å². The normalized spacial score (nSPS) is 11.5. The predicted molar refractivity (Wildman–Crippen MR) is 72.6 cm³/mol. The summed E-state index contributed by atoms with van der Waals surface area (Å²) in [5.74, 6) is 0.0223. The second-order valence-electron chi connectivity index (χ2n) is 5.40. The molecule has 0 aliphatic rings. The lowest BCUT2D eigenvalue weighted by atomic mass is 9.94. The van der Waals surface area contributed by atoms with Crippen LogP contribution in [0.4, 0.5) is 0 Å². The van der Waals surface area contributed by atoms with Crippen LogP contribution >= 0.6 is 11.6 Å². The number of nitrogens with zero attached hydrogens (tertiary/aromatic N) is 1. The number of ether oxygens (including phenoxy) is 1. The van der Waals surface area contributed by atoms with Crippen LogP contribution in [0.25, 0.3) is 0 Å². The van der Waals surface area contributed by atoms with Gasteiger partial charge >= 0.3 is 5.97 Å². The Bertz CT molecular complexity index is 290. The highest BCUT2D eigenvalue weighted by atomic mass is 35.5. The molecule has 5 heteroatoms. The van der Waals surface area contributed by atoms with Crippen molar-refractivity contribution in [1.82, 2.24) is 4.90 Å². The number of carbonyl (C=O) groups is 2. The Morgan fingerprint density at radius 2 is 1.89 bits per heavy atom. The summed E-state index contributed by atoms with van der Waals surface area (Å²) in [7, 11) is 0. The van der Waals surface area contributed by atoms with Crippen LogP contribution in [0, 0.1) is 11.3 Å². The molecule has 0 aromatic rings. The second kappa shape index (κ2) is 7.62. The second-order valence-corrected chi connectivity index (χ2v) is 5.67. The fraction of sp³-hybridized carbons (Fsp3) is 0.846. The summed E-state index contributed by atoms with van der Waals surface area (Å²) in [5, 5.41) is 0. The van der Waals surface area contributed by atoms with E-state index in [4.69, 9.17) is 16.3 Å². The third kappa shape index (κ3) is 5.71. The molecule has 18 heavy (non-hydrogen) atoms. The monoisotopic (exact) mass is 277 g/mol. The van der Waals surface area contributed by atoms with Gasteiger partial charge in [0.15, 0.2) is 0 Å². The first-order valence-electron chi connectivity index (χ1n) is 6.25. The van der Waals surface area contributed by atoms with Gasteiger partial charge in [-0.25, -0.2) is 0 Å². The number of esters is 1.